The van der Waals surface area contributed by atoms with Crippen molar-refractivity contribution in [3.05, 3.63) is 0 Å². The van der Waals surface area contributed by atoms with Gasteiger partial charge >= 0.3 is 11.9 Å². The summed E-state index contributed by atoms with van der Waals surface area (Å²) in [6.07, 6.45) is 0.695. The predicted molar refractivity (Wildman–Crippen MR) is 64.9 cm³/mol. The van der Waals surface area contributed by atoms with E-state index in [-0.39, 0.29) is 18.8 Å². The zero-order valence-corrected chi connectivity index (χ0v) is 10.7. The summed E-state index contributed by atoms with van der Waals surface area (Å²) in [5.41, 5.74) is 16.0. The lowest BCUT2D eigenvalue weighted by Gasteiger charge is -2.17. The van der Waals surface area contributed by atoms with Crippen molar-refractivity contribution in [3.63, 3.8) is 0 Å². The van der Waals surface area contributed by atoms with Crippen LogP contribution in [0.4, 0.5) is 0 Å². The molecule has 18 heavy (non-hydrogen) atoms. The third-order valence-electron chi connectivity index (χ3n) is 2.73. The smallest absolute Gasteiger partial charge is 0.330 e. The van der Waals surface area contributed by atoms with Crippen molar-refractivity contribution in [2.75, 3.05) is 0 Å². The molecule has 0 heterocycles. The number of nitrogens with two attached hydrogens (primary N) is 3. The third kappa shape index (κ3) is 5.74. The number of carbonyl (C=O) groups excluding carboxylic acids is 3. The first-order valence-corrected chi connectivity index (χ1v) is 5.84. The molecule has 3 atom stereocenters. The number of carbonyl (C=O) groups is 3. The van der Waals surface area contributed by atoms with Crippen molar-refractivity contribution < 1.29 is 19.1 Å². The van der Waals surface area contributed by atoms with Crippen molar-refractivity contribution in [2.24, 2.45) is 23.1 Å². The van der Waals surface area contributed by atoms with Crippen LogP contribution in [-0.2, 0) is 19.1 Å². The van der Waals surface area contributed by atoms with Gasteiger partial charge in [0.15, 0.2) is 0 Å². The monoisotopic (exact) mass is 259 g/mol. The molecule has 0 aliphatic rings. The Morgan fingerprint density at radius 2 is 1.72 bits per heavy atom. The van der Waals surface area contributed by atoms with Gasteiger partial charge in [0.25, 0.3) is 0 Å². The summed E-state index contributed by atoms with van der Waals surface area (Å²) < 4.78 is 4.55. The van der Waals surface area contributed by atoms with Gasteiger partial charge in [0, 0.05) is 6.42 Å². The van der Waals surface area contributed by atoms with Gasteiger partial charge in [-0.25, -0.2) is 9.59 Å². The molecule has 0 spiro atoms. The lowest BCUT2D eigenvalue weighted by atomic mass is 10.0. The molecule has 0 fully saturated rings. The minimum atomic E-state index is -1.05. The number of amides is 1. The van der Waals surface area contributed by atoms with E-state index in [1.165, 1.54) is 0 Å². The first kappa shape index (κ1) is 16.5. The highest BCUT2D eigenvalue weighted by Gasteiger charge is 2.26. The van der Waals surface area contributed by atoms with Crippen LogP contribution in [-0.4, -0.2) is 29.9 Å². The number of esters is 2. The maximum atomic E-state index is 11.5. The molecule has 0 saturated carbocycles. The zero-order chi connectivity index (χ0) is 14.3. The third-order valence-corrected chi connectivity index (χ3v) is 2.73. The van der Waals surface area contributed by atoms with Gasteiger partial charge in [0.1, 0.15) is 12.1 Å². The van der Waals surface area contributed by atoms with Crippen LogP contribution >= 0.6 is 0 Å². The number of ether oxygens (including phenoxy) is 1. The van der Waals surface area contributed by atoms with E-state index in [0.29, 0.717) is 6.42 Å². The van der Waals surface area contributed by atoms with E-state index < -0.39 is 29.9 Å². The van der Waals surface area contributed by atoms with E-state index in [0.717, 1.165) is 0 Å². The predicted octanol–water partition coefficient (Wildman–Crippen LogP) is -0.978. The van der Waals surface area contributed by atoms with Crippen molar-refractivity contribution >= 4 is 17.8 Å². The standard InChI is InChI=1S/C11H21N3O4/c1-3-6(2)9(14)11(17)18-10(16)7(12)4-5-8(13)15/h6-7,9H,3-5,12,14H2,1-2H3,(H2,13,15)/t6-,7-,9-/m1/s1. The Bertz CT molecular complexity index is 319. The Morgan fingerprint density at radius 3 is 2.17 bits per heavy atom. The van der Waals surface area contributed by atoms with E-state index in [2.05, 4.69) is 4.74 Å². The molecule has 0 aliphatic heterocycles. The Labute approximate surface area is 106 Å². The molecular weight excluding hydrogens is 238 g/mol. The molecule has 0 unspecified atom stereocenters. The molecule has 0 radical (unpaired) electrons. The van der Waals surface area contributed by atoms with Crippen molar-refractivity contribution in [2.45, 2.75) is 45.2 Å². The summed E-state index contributed by atoms with van der Waals surface area (Å²) in [6.45, 7) is 3.65. The second kappa shape index (κ2) is 7.78. The van der Waals surface area contributed by atoms with E-state index >= 15 is 0 Å². The van der Waals surface area contributed by atoms with Gasteiger partial charge in [-0.1, -0.05) is 20.3 Å². The molecule has 6 N–H and O–H groups in total. The average Bonchev–Trinajstić information content (AvgIpc) is 2.33. The fourth-order valence-corrected chi connectivity index (χ4v) is 1.14. The number of hydrogen-bond donors (Lipinski definition) is 3. The fourth-order valence-electron chi connectivity index (χ4n) is 1.14. The minimum absolute atomic E-state index is 0.0398. The summed E-state index contributed by atoms with van der Waals surface area (Å²) in [5.74, 6) is -2.35. The number of hydrogen-bond acceptors (Lipinski definition) is 6. The van der Waals surface area contributed by atoms with Crippen LogP contribution in [0.15, 0.2) is 0 Å². The lowest BCUT2D eigenvalue weighted by Crippen LogP contribution is -2.42. The summed E-state index contributed by atoms with van der Waals surface area (Å²) in [4.78, 5) is 33.4. The lowest BCUT2D eigenvalue weighted by molar-refractivity contribution is -0.162. The van der Waals surface area contributed by atoms with Crippen LogP contribution in [0.5, 0.6) is 0 Å². The van der Waals surface area contributed by atoms with Gasteiger partial charge < -0.3 is 21.9 Å². The molecule has 0 saturated heterocycles. The first-order valence-electron chi connectivity index (χ1n) is 5.84. The van der Waals surface area contributed by atoms with Gasteiger partial charge in [0.05, 0.1) is 0 Å². The molecule has 0 aromatic rings. The highest BCUT2D eigenvalue weighted by molar-refractivity contribution is 5.91. The summed E-state index contributed by atoms with van der Waals surface area (Å²) >= 11 is 0. The number of primary amides is 1. The quantitative estimate of drug-likeness (QED) is 0.397. The van der Waals surface area contributed by atoms with Crippen LogP contribution in [0.3, 0.4) is 0 Å². The summed E-state index contributed by atoms with van der Waals surface area (Å²) in [7, 11) is 0. The number of rotatable bonds is 7. The zero-order valence-electron chi connectivity index (χ0n) is 10.7. The SMILES string of the molecule is CC[C@@H](C)[C@@H](N)C(=O)OC(=O)[C@H](N)CCC(N)=O. The Hall–Kier alpha value is -1.47. The van der Waals surface area contributed by atoms with Crippen LogP contribution in [0.25, 0.3) is 0 Å². The molecule has 0 aromatic heterocycles. The van der Waals surface area contributed by atoms with Gasteiger partial charge in [-0.05, 0) is 12.3 Å². The molecular formula is C11H21N3O4. The van der Waals surface area contributed by atoms with Crippen molar-refractivity contribution in [1.82, 2.24) is 0 Å². The normalized spacial score (nSPS) is 15.6. The Kier molecular flexibility index (Phi) is 7.14. The van der Waals surface area contributed by atoms with Gasteiger partial charge in [-0.15, -0.1) is 0 Å². The molecule has 0 aliphatic carbocycles. The minimum Gasteiger partial charge on any atom is -0.391 e. The van der Waals surface area contributed by atoms with Crippen molar-refractivity contribution in [3.8, 4) is 0 Å². The van der Waals surface area contributed by atoms with E-state index in [9.17, 15) is 14.4 Å². The first-order chi connectivity index (χ1) is 8.29. The van der Waals surface area contributed by atoms with E-state index in [4.69, 9.17) is 17.2 Å². The van der Waals surface area contributed by atoms with Crippen LogP contribution in [0.2, 0.25) is 0 Å². The van der Waals surface area contributed by atoms with E-state index in [1.54, 1.807) is 6.92 Å². The molecule has 7 nitrogen and oxygen atoms in total. The molecule has 0 bridgehead atoms. The van der Waals surface area contributed by atoms with Crippen LogP contribution in [0, 0.1) is 5.92 Å². The highest BCUT2D eigenvalue weighted by atomic mass is 16.6. The fraction of sp³-hybridized carbons (Fsp3) is 0.727. The molecule has 0 aromatic carbocycles. The molecule has 1 amide bonds. The second-order valence-corrected chi connectivity index (χ2v) is 4.26. The molecule has 0 rings (SSSR count). The maximum absolute atomic E-state index is 11.5. The van der Waals surface area contributed by atoms with E-state index in [1.807, 2.05) is 6.92 Å². The molecule has 104 valence electrons. The van der Waals surface area contributed by atoms with Crippen LogP contribution < -0.4 is 17.2 Å². The Balaban J connectivity index is 4.22. The highest BCUT2D eigenvalue weighted by Crippen LogP contribution is 2.07. The summed E-state index contributed by atoms with van der Waals surface area (Å²) in [5, 5.41) is 0. The molecule has 7 heteroatoms. The van der Waals surface area contributed by atoms with Crippen LogP contribution in [0.1, 0.15) is 33.1 Å². The van der Waals surface area contributed by atoms with Gasteiger partial charge in [0.2, 0.25) is 5.91 Å². The van der Waals surface area contributed by atoms with Gasteiger partial charge in [-0.3, -0.25) is 4.79 Å². The second-order valence-electron chi connectivity index (χ2n) is 4.26. The average molecular weight is 259 g/mol. The largest absolute Gasteiger partial charge is 0.391 e. The van der Waals surface area contributed by atoms with Gasteiger partial charge in [-0.2, -0.15) is 0 Å². The topological polar surface area (TPSA) is 138 Å². The maximum Gasteiger partial charge on any atom is 0.330 e. The van der Waals surface area contributed by atoms with Crippen molar-refractivity contribution in [1.29, 1.82) is 0 Å². The Morgan fingerprint density at radius 1 is 1.17 bits per heavy atom. The summed E-state index contributed by atoms with van der Waals surface area (Å²) in [6, 6.07) is -1.91.